The Morgan fingerprint density at radius 1 is 0.344 bits per heavy atom. The zero-order valence-electron chi connectivity index (χ0n) is 17.6. The number of rotatable bonds is 4. The van der Waals surface area contributed by atoms with E-state index in [0.29, 0.717) is 0 Å². The van der Waals surface area contributed by atoms with E-state index in [1.54, 1.807) is 0 Å². The average molecular weight is 443 g/mol. The fourth-order valence-electron chi connectivity index (χ4n) is 4.00. The molecular weight excluding hydrogens is 420 g/mol. The Balaban J connectivity index is 2.00. The van der Waals surface area contributed by atoms with Gasteiger partial charge in [0.1, 0.15) is 16.8 Å². The lowest BCUT2D eigenvalue weighted by Gasteiger charge is -2.10. The van der Waals surface area contributed by atoms with Crippen LogP contribution in [0.1, 0.15) is 0 Å². The summed E-state index contributed by atoms with van der Waals surface area (Å²) >= 11 is 0. The summed E-state index contributed by atoms with van der Waals surface area (Å²) in [5.74, 6) is 0. The predicted molar refractivity (Wildman–Crippen MR) is 136 cm³/mol. The average Bonchev–Trinajstić information content (AvgIpc) is 2.88. The Morgan fingerprint density at radius 3 is 0.844 bits per heavy atom. The first kappa shape index (κ1) is 20.3. The maximum atomic E-state index is 5.01. The van der Waals surface area contributed by atoms with Crippen LogP contribution in [-0.2, 0) is 0 Å². The molecule has 4 aromatic carbocycles. The Hall–Kier alpha value is -3.61. The van der Waals surface area contributed by atoms with E-state index in [0.717, 1.165) is 9.89 Å². The molecule has 0 aliphatic rings. The first-order valence-electron chi connectivity index (χ1n) is 10.7. The van der Waals surface area contributed by atoms with Gasteiger partial charge in [0.2, 0.25) is 0 Å². The van der Waals surface area contributed by atoms with Crippen molar-refractivity contribution in [3.05, 3.63) is 144 Å². The van der Waals surface area contributed by atoms with E-state index in [9.17, 15) is 0 Å². The highest BCUT2D eigenvalue weighted by Gasteiger charge is 2.14. The first-order chi connectivity index (χ1) is 15.9. The van der Waals surface area contributed by atoms with Crippen molar-refractivity contribution in [1.82, 2.24) is 9.97 Å². The van der Waals surface area contributed by atoms with Crippen molar-refractivity contribution in [3.8, 4) is 0 Å². The lowest BCUT2D eigenvalue weighted by atomic mass is 10.4. The summed E-state index contributed by atoms with van der Waals surface area (Å²) in [4.78, 5) is 12.3. The second kappa shape index (κ2) is 9.68. The molecule has 0 amide bonds. The van der Waals surface area contributed by atoms with E-state index in [1.165, 1.54) is 20.7 Å². The Bertz CT molecular complexity index is 1240. The maximum Gasteiger partial charge on any atom is 0.114 e. The van der Waals surface area contributed by atoms with Crippen molar-refractivity contribution in [2.24, 2.45) is 0 Å². The van der Waals surface area contributed by atoms with Crippen LogP contribution in [0.5, 0.6) is 0 Å². The monoisotopic (exact) mass is 442 g/mol. The van der Waals surface area contributed by atoms with E-state index in [1.807, 2.05) is 12.4 Å². The number of aromatic nitrogens is 2. The highest BCUT2D eigenvalue weighted by Crippen LogP contribution is 1.97. The van der Waals surface area contributed by atoms with Gasteiger partial charge in [-0.3, -0.25) is 9.97 Å². The number of nitrogens with zero attached hydrogens (tertiary/aromatic N) is 2. The molecule has 0 fully saturated rings. The lowest BCUT2D eigenvalue weighted by molar-refractivity contribution is 1.14. The second-order valence-electron chi connectivity index (χ2n) is 7.47. The largest absolute Gasteiger partial charge is 0.258 e. The number of hydrogen-bond acceptors (Lipinski definition) is 2. The van der Waals surface area contributed by atoms with Crippen LogP contribution in [0.2, 0.25) is 0 Å². The van der Waals surface area contributed by atoms with E-state index >= 15 is 0 Å². The summed E-state index contributed by atoms with van der Waals surface area (Å²) in [6.07, 6.45) is 3.70. The van der Waals surface area contributed by atoms with Crippen LogP contribution < -0.4 is 20.7 Å². The summed E-state index contributed by atoms with van der Waals surface area (Å²) in [6.45, 7) is 0. The Labute approximate surface area is 191 Å². The third-order valence-electron chi connectivity index (χ3n) is 5.42. The molecule has 4 heteroatoms. The van der Waals surface area contributed by atoms with Crippen molar-refractivity contribution in [2.45, 2.75) is 0 Å². The first-order valence-corrected chi connectivity index (χ1v) is 13.7. The molecule has 0 saturated heterocycles. The fourth-order valence-corrected chi connectivity index (χ4v) is 9.63. The predicted octanol–water partition coefficient (Wildman–Crippen LogP) is 2.76. The van der Waals surface area contributed by atoms with Crippen LogP contribution >= 0.6 is 0 Å². The molecule has 0 unspecified atom stereocenters. The van der Waals surface area contributed by atoms with E-state index in [4.69, 9.17) is 9.97 Å². The van der Waals surface area contributed by atoms with Crippen LogP contribution in [0.4, 0.5) is 0 Å². The van der Waals surface area contributed by atoms with Crippen LogP contribution in [0, 0.1) is 9.89 Å². The van der Waals surface area contributed by atoms with Gasteiger partial charge in [0, 0.05) is 12.4 Å². The number of hydrogen-bond donors (Lipinski definition) is 0. The molecule has 1 aromatic heterocycles. The molecule has 0 atom stereocenters. The van der Waals surface area contributed by atoms with Gasteiger partial charge in [-0.2, -0.15) is 0 Å². The van der Waals surface area contributed by atoms with Crippen molar-refractivity contribution >= 4 is 37.6 Å². The summed E-state index contributed by atoms with van der Waals surface area (Å²) in [7, 11) is -2.63. The third-order valence-corrected chi connectivity index (χ3v) is 11.0. The summed E-state index contributed by atoms with van der Waals surface area (Å²) in [5.41, 5.74) is 0. The fraction of sp³-hybridized carbons (Fsp3) is 0. The lowest BCUT2D eigenvalue weighted by Crippen LogP contribution is -2.39. The highest BCUT2D eigenvalue weighted by atomic mass is 28.2. The Kier molecular flexibility index (Phi) is 6.14. The zero-order valence-corrected chi connectivity index (χ0v) is 19.6. The van der Waals surface area contributed by atoms with Crippen molar-refractivity contribution < 1.29 is 0 Å². The molecule has 5 aromatic rings. The molecule has 0 radical (unpaired) electrons. The molecule has 0 saturated carbocycles. The molecule has 2 nitrogen and oxygen atoms in total. The van der Waals surface area contributed by atoms with Gasteiger partial charge in [-0.25, -0.2) is 0 Å². The quantitative estimate of drug-likeness (QED) is 0.400. The molecular formula is C28H22N2Si2. The molecule has 0 aliphatic carbocycles. The second-order valence-corrected chi connectivity index (χ2v) is 12.2. The van der Waals surface area contributed by atoms with Gasteiger partial charge in [0.15, 0.2) is 0 Å². The van der Waals surface area contributed by atoms with Crippen LogP contribution in [0.25, 0.3) is 0 Å². The minimum Gasteiger partial charge on any atom is -0.258 e. The molecule has 0 N–H and O–H groups in total. The van der Waals surface area contributed by atoms with Crippen LogP contribution in [0.3, 0.4) is 0 Å². The minimum atomic E-state index is -1.31. The molecule has 1 heterocycles. The zero-order chi connectivity index (χ0) is 21.6. The minimum absolute atomic E-state index is 1.14. The summed E-state index contributed by atoms with van der Waals surface area (Å²) in [6, 6.07) is 43.2. The highest BCUT2D eigenvalue weighted by molar-refractivity contribution is 6.81. The van der Waals surface area contributed by atoms with Gasteiger partial charge in [0.25, 0.3) is 0 Å². The topological polar surface area (TPSA) is 25.8 Å². The summed E-state index contributed by atoms with van der Waals surface area (Å²) in [5, 5.41) is 5.31. The molecule has 0 spiro atoms. The normalized spacial score (nSPS) is 10.5. The van der Waals surface area contributed by atoms with E-state index in [-0.39, 0.29) is 0 Å². The van der Waals surface area contributed by atoms with E-state index < -0.39 is 16.8 Å². The van der Waals surface area contributed by atoms with Gasteiger partial charge in [-0.15, -0.1) is 0 Å². The van der Waals surface area contributed by atoms with Crippen molar-refractivity contribution in [3.63, 3.8) is 0 Å². The standard InChI is InChI=1S/C28H22N2Si2/c1-5-13-23(14-6-1)31(24-15-7-2-8-16-24)27-28(30-22-21-29-27)32(25-17-9-3-10-18-25)26-19-11-4-12-20-26/h1-22H. The Morgan fingerprint density at radius 2 is 0.594 bits per heavy atom. The third kappa shape index (κ3) is 4.24. The van der Waals surface area contributed by atoms with Gasteiger partial charge in [-0.1, -0.05) is 121 Å². The molecule has 0 aliphatic heterocycles. The maximum absolute atomic E-state index is 5.01. The molecule has 0 bridgehead atoms. The van der Waals surface area contributed by atoms with Gasteiger partial charge in [0.05, 0.1) is 9.89 Å². The molecule has 32 heavy (non-hydrogen) atoms. The van der Waals surface area contributed by atoms with Crippen LogP contribution in [0.15, 0.2) is 134 Å². The van der Waals surface area contributed by atoms with Crippen molar-refractivity contribution in [2.75, 3.05) is 0 Å². The van der Waals surface area contributed by atoms with Crippen LogP contribution in [-0.4, -0.2) is 26.8 Å². The summed E-state index contributed by atoms with van der Waals surface area (Å²) < 4.78 is 0. The molecule has 152 valence electrons. The SMILES string of the molecule is c1ccc([Si](c2ccccc2)=c2nccnc2=[Si](c2ccccc2)c2ccccc2)cc1. The van der Waals surface area contributed by atoms with Gasteiger partial charge >= 0.3 is 0 Å². The van der Waals surface area contributed by atoms with Gasteiger partial charge < -0.3 is 0 Å². The molecule has 5 rings (SSSR count). The van der Waals surface area contributed by atoms with Crippen molar-refractivity contribution in [1.29, 1.82) is 0 Å². The van der Waals surface area contributed by atoms with Gasteiger partial charge in [-0.05, 0) is 20.7 Å². The number of benzene rings is 4. The smallest absolute Gasteiger partial charge is 0.114 e. The van der Waals surface area contributed by atoms with E-state index in [2.05, 4.69) is 121 Å².